The van der Waals surface area contributed by atoms with Crippen molar-refractivity contribution in [2.45, 2.75) is 65.0 Å². The standard InChI is InChI=1S/C29H40N2O9.C18H15P/c1-15-11-19-25(34)20(14-21(32)27(19)39-7)31-28(35)16(2)9-8-10-22(37-5)26(40-29(30)36)18(4)13-17(3)24(33)23(12-15)38-6;1-4-10-16(11-5-1)19(17-12-6-2-7-13-17)18-14-8-3-9-15-18/h8-10,13-15,17,22-24,26,33H,11-12H2,1-7H3,(H2,30,36)(H,31,35);1-15H/b10-8-,16-9+,18-13+;/t15-,17+,22+,23+,24-,26+;/m1./s1. The quantitative estimate of drug-likeness (QED) is 0.151. The van der Waals surface area contributed by atoms with Gasteiger partial charge < -0.3 is 35.1 Å². The number of hydrogen-bond donors (Lipinski definition) is 3. The number of carbonyl (C=O) groups excluding carboxylic acids is 4. The second kappa shape index (κ2) is 22.6. The highest BCUT2D eigenvalue weighted by molar-refractivity contribution is 7.79. The number of aliphatic hydroxyl groups is 1. The topological polar surface area (TPSA) is 163 Å². The van der Waals surface area contributed by atoms with Crippen molar-refractivity contribution in [1.29, 1.82) is 0 Å². The Labute approximate surface area is 348 Å². The number of hydrogen-bond acceptors (Lipinski definition) is 9. The number of nitrogens with one attached hydrogen (secondary N) is 1. The Kier molecular flexibility index (Phi) is 17.7. The van der Waals surface area contributed by atoms with Crippen LogP contribution in [-0.2, 0) is 33.3 Å². The van der Waals surface area contributed by atoms with E-state index < -0.39 is 61.8 Å². The Hall–Kier alpha value is -5.45. The zero-order chi connectivity index (χ0) is 43.1. The molecule has 3 aromatic carbocycles. The lowest BCUT2D eigenvalue weighted by Gasteiger charge is -2.29. The molecule has 2 amide bonds. The minimum atomic E-state index is -1.00. The van der Waals surface area contributed by atoms with Gasteiger partial charge in [-0.1, -0.05) is 129 Å². The Balaban J connectivity index is 0.000000333. The number of aliphatic hydroxyl groups excluding tert-OH is 1. The number of benzene rings is 3. The molecule has 0 saturated carbocycles. The molecule has 4 N–H and O–H groups in total. The van der Waals surface area contributed by atoms with Crippen LogP contribution in [-0.4, -0.2) is 74.4 Å². The zero-order valence-corrected chi connectivity index (χ0v) is 35.6. The molecule has 0 fully saturated rings. The molecule has 0 unspecified atom stereocenters. The molecule has 0 radical (unpaired) electrons. The van der Waals surface area contributed by atoms with Crippen molar-refractivity contribution in [3.8, 4) is 0 Å². The van der Waals surface area contributed by atoms with E-state index in [2.05, 4.69) is 96.3 Å². The average molecular weight is 823 g/mol. The smallest absolute Gasteiger partial charge is 0.405 e. The number of amides is 2. The van der Waals surface area contributed by atoms with Crippen molar-refractivity contribution < 1.29 is 43.2 Å². The number of carbonyl (C=O) groups is 4. The van der Waals surface area contributed by atoms with E-state index in [0.717, 1.165) is 6.08 Å². The van der Waals surface area contributed by atoms with E-state index in [1.54, 1.807) is 32.1 Å². The van der Waals surface area contributed by atoms with Crippen LogP contribution in [0.25, 0.3) is 0 Å². The maximum Gasteiger partial charge on any atom is 0.405 e. The highest BCUT2D eigenvalue weighted by Crippen LogP contribution is 2.32. The zero-order valence-electron chi connectivity index (χ0n) is 34.7. The molecule has 59 heavy (non-hydrogen) atoms. The molecule has 1 heterocycles. The summed E-state index contributed by atoms with van der Waals surface area (Å²) in [5.74, 6) is -2.39. The first kappa shape index (κ1) is 46.2. The van der Waals surface area contributed by atoms with Crippen molar-refractivity contribution in [3.63, 3.8) is 0 Å². The molecule has 0 aromatic heterocycles. The van der Waals surface area contributed by atoms with Crippen molar-refractivity contribution in [2.24, 2.45) is 17.6 Å². The molecular formula is C47H55N2O9P. The van der Waals surface area contributed by atoms with Crippen LogP contribution in [0.5, 0.6) is 0 Å². The summed E-state index contributed by atoms with van der Waals surface area (Å²) in [5, 5.41) is 17.9. The van der Waals surface area contributed by atoms with Gasteiger partial charge in [-0.15, -0.1) is 0 Å². The van der Waals surface area contributed by atoms with Gasteiger partial charge in [0.1, 0.15) is 6.10 Å². The Morgan fingerprint density at radius 2 is 1.37 bits per heavy atom. The first-order chi connectivity index (χ1) is 28.3. The number of methoxy groups -OCH3 is 3. The highest BCUT2D eigenvalue weighted by atomic mass is 31.1. The number of ketones is 2. The third-order valence-electron chi connectivity index (χ3n) is 9.99. The van der Waals surface area contributed by atoms with Crippen molar-refractivity contribution >= 4 is 47.4 Å². The average Bonchev–Trinajstić information content (AvgIpc) is 3.23. The molecule has 312 valence electrons. The summed E-state index contributed by atoms with van der Waals surface area (Å²) in [5.41, 5.74) is 6.12. The lowest BCUT2D eigenvalue weighted by molar-refractivity contribution is -0.120. The number of primary amides is 1. The van der Waals surface area contributed by atoms with E-state index >= 15 is 0 Å². The van der Waals surface area contributed by atoms with Gasteiger partial charge in [0.25, 0.3) is 5.91 Å². The molecule has 2 bridgehead atoms. The molecule has 2 aliphatic rings. The number of fused-ring (bicyclic) bond motifs is 2. The first-order valence-corrected chi connectivity index (χ1v) is 20.7. The SMILES string of the molecule is COC1=C2C[C@@H](C)C[C@H](OC)[C@H](O)[C@@H](C)/C=C(\C)[C@H](OC(N)=O)[C@@H](OC)/C=C\C=C(/C)C(=O)NC(=CC1=O)C2=O.c1ccc(P(c2ccccc2)c2ccccc2)cc1. The van der Waals surface area contributed by atoms with E-state index in [1.165, 1.54) is 50.2 Å². The molecule has 3 aromatic rings. The summed E-state index contributed by atoms with van der Waals surface area (Å²) in [6.45, 7) is 6.92. The molecule has 6 atom stereocenters. The lowest BCUT2D eigenvalue weighted by Crippen LogP contribution is -2.37. The summed E-state index contributed by atoms with van der Waals surface area (Å²) in [6.07, 6.45) is 3.61. The van der Waals surface area contributed by atoms with Crippen molar-refractivity contribution in [3.05, 3.63) is 150 Å². The number of rotatable bonds is 7. The summed E-state index contributed by atoms with van der Waals surface area (Å²) in [4.78, 5) is 50.6. The van der Waals surface area contributed by atoms with Gasteiger partial charge in [-0.25, -0.2) is 4.79 Å². The van der Waals surface area contributed by atoms with Gasteiger partial charge in [0.2, 0.25) is 11.6 Å². The van der Waals surface area contributed by atoms with E-state index in [4.69, 9.17) is 24.7 Å². The Morgan fingerprint density at radius 1 is 0.831 bits per heavy atom. The maximum atomic E-state index is 13.3. The summed E-state index contributed by atoms with van der Waals surface area (Å²) < 4.78 is 21.7. The fourth-order valence-electron chi connectivity index (χ4n) is 6.96. The van der Waals surface area contributed by atoms with Crippen LogP contribution in [0.2, 0.25) is 0 Å². The third-order valence-corrected chi connectivity index (χ3v) is 12.4. The molecule has 5 rings (SSSR count). The Morgan fingerprint density at radius 3 is 1.85 bits per heavy atom. The van der Waals surface area contributed by atoms with E-state index in [1.807, 2.05) is 6.92 Å². The maximum absolute atomic E-state index is 13.3. The normalized spacial score (nSPS) is 25.6. The van der Waals surface area contributed by atoms with Gasteiger partial charge in [0.15, 0.2) is 11.9 Å². The molecule has 1 aliphatic heterocycles. The third kappa shape index (κ3) is 12.8. The summed E-state index contributed by atoms with van der Waals surface area (Å²) in [6, 6.07) is 32.3. The van der Waals surface area contributed by atoms with E-state index in [-0.39, 0.29) is 34.9 Å². The number of ether oxygens (including phenoxy) is 4. The van der Waals surface area contributed by atoms with Gasteiger partial charge in [0.05, 0.1) is 25.0 Å². The van der Waals surface area contributed by atoms with Gasteiger partial charge in [-0.2, -0.15) is 0 Å². The molecule has 11 nitrogen and oxygen atoms in total. The monoisotopic (exact) mass is 822 g/mol. The van der Waals surface area contributed by atoms with Gasteiger partial charge in [0, 0.05) is 37.4 Å². The Bertz CT molecular complexity index is 1970. The highest BCUT2D eigenvalue weighted by Gasteiger charge is 2.34. The second-order valence-corrected chi connectivity index (χ2v) is 16.7. The van der Waals surface area contributed by atoms with Crippen LogP contribution in [0.1, 0.15) is 40.5 Å². The summed E-state index contributed by atoms with van der Waals surface area (Å²) in [7, 11) is 3.77. The predicted octanol–water partition coefficient (Wildman–Crippen LogP) is 5.85. The van der Waals surface area contributed by atoms with Gasteiger partial charge in [-0.05, 0) is 62.0 Å². The van der Waals surface area contributed by atoms with Gasteiger partial charge >= 0.3 is 6.09 Å². The molecular weight excluding hydrogens is 767 g/mol. The fourth-order valence-corrected chi connectivity index (χ4v) is 9.27. The van der Waals surface area contributed by atoms with Crippen LogP contribution < -0.4 is 27.0 Å². The second-order valence-electron chi connectivity index (χ2n) is 14.4. The van der Waals surface area contributed by atoms with Crippen LogP contribution in [0.3, 0.4) is 0 Å². The fraction of sp³-hybridized carbons (Fsp3) is 0.319. The van der Waals surface area contributed by atoms with Crippen molar-refractivity contribution in [1.82, 2.24) is 5.32 Å². The number of nitrogens with two attached hydrogens (primary N) is 1. The van der Waals surface area contributed by atoms with Crippen LogP contribution in [0.15, 0.2) is 150 Å². The summed E-state index contributed by atoms with van der Waals surface area (Å²) >= 11 is 0. The van der Waals surface area contributed by atoms with Crippen LogP contribution in [0, 0.1) is 11.8 Å². The molecule has 0 spiro atoms. The number of Topliss-reactive ketones (excluding diaryl/α,β-unsaturated/α-hetero) is 1. The van der Waals surface area contributed by atoms with Crippen LogP contribution in [0.4, 0.5) is 4.79 Å². The minimum absolute atomic E-state index is 0.0801. The van der Waals surface area contributed by atoms with E-state index in [0.29, 0.717) is 12.0 Å². The largest absolute Gasteiger partial charge is 0.492 e. The molecule has 0 saturated heterocycles. The lowest BCUT2D eigenvalue weighted by atomic mass is 9.85. The predicted molar refractivity (Wildman–Crippen MR) is 232 cm³/mol. The van der Waals surface area contributed by atoms with Gasteiger partial charge in [-0.3, -0.25) is 14.4 Å². The molecule has 1 aliphatic carbocycles. The van der Waals surface area contributed by atoms with Crippen molar-refractivity contribution in [2.75, 3.05) is 21.3 Å². The minimum Gasteiger partial charge on any atom is -0.492 e. The molecule has 12 heteroatoms. The van der Waals surface area contributed by atoms with Crippen LogP contribution >= 0.6 is 7.92 Å². The van der Waals surface area contributed by atoms with E-state index in [9.17, 15) is 24.3 Å². The first-order valence-electron chi connectivity index (χ1n) is 19.4. The number of allylic oxidation sites excluding steroid dienone is 4.